The molecule has 0 radical (unpaired) electrons. The first-order chi connectivity index (χ1) is 14.4. The van der Waals surface area contributed by atoms with Gasteiger partial charge in [-0.3, -0.25) is 9.69 Å². The summed E-state index contributed by atoms with van der Waals surface area (Å²) in [6, 6.07) is 11.8. The van der Waals surface area contributed by atoms with E-state index < -0.39 is 10.0 Å². The predicted molar refractivity (Wildman–Crippen MR) is 122 cm³/mol. The Morgan fingerprint density at radius 3 is 2.60 bits per heavy atom. The fourth-order valence-electron chi connectivity index (χ4n) is 3.45. The second-order valence-corrected chi connectivity index (χ2v) is 10.4. The molecular formula is C21H30N4O3S2. The molecule has 1 fully saturated rings. The molecule has 3 rings (SSSR count). The second-order valence-electron chi connectivity index (χ2n) is 7.48. The summed E-state index contributed by atoms with van der Waals surface area (Å²) in [4.78, 5) is 16.8. The van der Waals surface area contributed by atoms with Crippen LogP contribution in [-0.2, 0) is 14.8 Å². The van der Waals surface area contributed by atoms with Crippen molar-refractivity contribution in [2.75, 3.05) is 50.7 Å². The zero-order valence-corrected chi connectivity index (χ0v) is 19.0. The van der Waals surface area contributed by atoms with Gasteiger partial charge >= 0.3 is 0 Å². The number of amides is 1. The molecule has 1 amide bonds. The summed E-state index contributed by atoms with van der Waals surface area (Å²) in [6.45, 7) is 7.62. The van der Waals surface area contributed by atoms with Gasteiger partial charge in [0.2, 0.25) is 5.91 Å². The number of aryl methyl sites for hydroxylation is 1. The van der Waals surface area contributed by atoms with E-state index in [4.69, 9.17) is 0 Å². The lowest BCUT2D eigenvalue weighted by Gasteiger charge is -2.36. The number of rotatable bonds is 10. The van der Waals surface area contributed by atoms with E-state index in [-0.39, 0.29) is 16.7 Å². The maximum absolute atomic E-state index is 12.0. The standard InChI is InChI=1S/C21H30N4O3S2/c1-18-6-4-7-19(16-18)25-13-11-24(12-14-25)10-3-2-9-22-20(26)17-23-30(27,28)21-8-5-15-29-21/h4-8,15-16,23H,2-3,9-14,17H2,1H3,(H,22,26). The number of hydrogen-bond acceptors (Lipinski definition) is 6. The Kier molecular flexibility index (Phi) is 8.26. The highest BCUT2D eigenvalue weighted by atomic mass is 32.2. The van der Waals surface area contributed by atoms with Crippen molar-refractivity contribution in [3.8, 4) is 0 Å². The molecule has 2 heterocycles. The molecule has 1 aliphatic rings. The molecule has 2 N–H and O–H groups in total. The molecule has 1 saturated heterocycles. The summed E-state index contributed by atoms with van der Waals surface area (Å²) in [5, 5.41) is 4.47. The van der Waals surface area contributed by atoms with Gasteiger partial charge in [0.25, 0.3) is 10.0 Å². The Morgan fingerprint density at radius 1 is 1.10 bits per heavy atom. The summed E-state index contributed by atoms with van der Waals surface area (Å²) in [5.74, 6) is -0.304. The van der Waals surface area contributed by atoms with Crippen molar-refractivity contribution in [3.05, 3.63) is 47.3 Å². The summed E-state index contributed by atoms with van der Waals surface area (Å²) >= 11 is 1.13. The summed E-state index contributed by atoms with van der Waals surface area (Å²) in [7, 11) is -3.59. The summed E-state index contributed by atoms with van der Waals surface area (Å²) < 4.78 is 26.5. The Morgan fingerprint density at radius 2 is 1.90 bits per heavy atom. The van der Waals surface area contributed by atoms with Crippen molar-refractivity contribution in [1.29, 1.82) is 0 Å². The quantitative estimate of drug-likeness (QED) is 0.542. The van der Waals surface area contributed by atoms with Crippen LogP contribution in [0.5, 0.6) is 0 Å². The molecule has 0 spiro atoms. The van der Waals surface area contributed by atoms with Crippen molar-refractivity contribution >= 4 is 33.0 Å². The first-order valence-corrected chi connectivity index (χ1v) is 12.6. The van der Waals surface area contributed by atoms with Crippen LogP contribution in [0.15, 0.2) is 46.0 Å². The third-order valence-electron chi connectivity index (χ3n) is 5.15. The van der Waals surface area contributed by atoms with E-state index in [1.807, 2.05) is 0 Å². The van der Waals surface area contributed by atoms with Crippen LogP contribution < -0.4 is 14.9 Å². The van der Waals surface area contributed by atoms with Crippen LogP contribution in [0.4, 0.5) is 5.69 Å². The normalized spacial score (nSPS) is 15.3. The average Bonchev–Trinajstić information content (AvgIpc) is 3.29. The highest BCUT2D eigenvalue weighted by molar-refractivity contribution is 7.91. The van der Waals surface area contributed by atoms with Gasteiger partial charge in [0.05, 0.1) is 6.54 Å². The molecule has 7 nitrogen and oxygen atoms in total. The largest absolute Gasteiger partial charge is 0.369 e. The number of nitrogens with zero attached hydrogens (tertiary/aromatic N) is 2. The third-order valence-corrected chi connectivity index (χ3v) is 7.94. The minimum Gasteiger partial charge on any atom is -0.369 e. The Labute approximate surface area is 183 Å². The molecule has 0 unspecified atom stereocenters. The molecule has 0 bridgehead atoms. The molecule has 0 saturated carbocycles. The number of thiophene rings is 1. The van der Waals surface area contributed by atoms with Crippen LogP contribution in [0.3, 0.4) is 0 Å². The van der Waals surface area contributed by atoms with Crippen molar-refractivity contribution in [2.24, 2.45) is 0 Å². The lowest BCUT2D eigenvalue weighted by molar-refractivity contribution is -0.119. The van der Waals surface area contributed by atoms with Gasteiger partial charge in [0.1, 0.15) is 4.21 Å². The topological polar surface area (TPSA) is 81.8 Å². The third kappa shape index (κ3) is 6.80. The van der Waals surface area contributed by atoms with Crippen LogP contribution in [0.25, 0.3) is 0 Å². The van der Waals surface area contributed by atoms with E-state index >= 15 is 0 Å². The van der Waals surface area contributed by atoms with E-state index in [2.05, 4.69) is 51.0 Å². The van der Waals surface area contributed by atoms with Crippen LogP contribution in [0, 0.1) is 6.92 Å². The highest BCUT2D eigenvalue weighted by Gasteiger charge is 2.17. The Hall–Kier alpha value is -1.94. The van der Waals surface area contributed by atoms with E-state index in [0.29, 0.717) is 6.54 Å². The van der Waals surface area contributed by atoms with Crippen LogP contribution >= 0.6 is 11.3 Å². The highest BCUT2D eigenvalue weighted by Crippen LogP contribution is 2.18. The van der Waals surface area contributed by atoms with Crippen molar-refractivity contribution in [2.45, 2.75) is 24.0 Å². The number of benzene rings is 1. The van der Waals surface area contributed by atoms with Gasteiger partial charge in [-0.15, -0.1) is 11.3 Å². The first kappa shape index (κ1) is 22.7. The first-order valence-electron chi connectivity index (χ1n) is 10.3. The molecular weight excluding hydrogens is 420 g/mol. The zero-order valence-electron chi connectivity index (χ0n) is 17.3. The maximum Gasteiger partial charge on any atom is 0.250 e. The number of anilines is 1. The maximum atomic E-state index is 12.0. The van der Waals surface area contributed by atoms with E-state index in [9.17, 15) is 13.2 Å². The van der Waals surface area contributed by atoms with Crippen LogP contribution in [-0.4, -0.2) is 65.0 Å². The smallest absolute Gasteiger partial charge is 0.250 e. The Bertz CT molecular complexity index is 908. The molecule has 1 aromatic heterocycles. The number of piperazine rings is 1. The number of carbonyl (C=O) groups is 1. The SMILES string of the molecule is Cc1cccc(N2CCN(CCCCNC(=O)CNS(=O)(=O)c3cccs3)CC2)c1. The lowest BCUT2D eigenvalue weighted by Crippen LogP contribution is -2.46. The monoisotopic (exact) mass is 450 g/mol. The van der Waals surface area contributed by atoms with E-state index in [0.717, 1.165) is 56.9 Å². The van der Waals surface area contributed by atoms with Crippen molar-refractivity contribution in [1.82, 2.24) is 14.9 Å². The number of hydrogen-bond donors (Lipinski definition) is 2. The predicted octanol–water partition coefficient (Wildman–Crippen LogP) is 2.05. The second kappa shape index (κ2) is 10.9. The van der Waals surface area contributed by atoms with Gasteiger partial charge in [-0.2, -0.15) is 0 Å². The van der Waals surface area contributed by atoms with Gasteiger partial charge in [-0.25, -0.2) is 13.1 Å². The molecule has 164 valence electrons. The van der Waals surface area contributed by atoms with Crippen molar-refractivity contribution < 1.29 is 13.2 Å². The van der Waals surface area contributed by atoms with Gasteiger partial charge < -0.3 is 10.2 Å². The Balaban J connectivity index is 1.26. The fraction of sp³-hybridized carbons (Fsp3) is 0.476. The lowest BCUT2D eigenvalue weighted by atomic mass is 10.2. The average molecular weight is 451 g/mol. The zero-order chi connectivity index (χ0) is 21.4. The summed E-state index contributed by atoms with van der Waals surface area (Å²) in [6.07, 6.45) is 1.88. The van der Waals surface area contributed by atoms with Gasteiger partial charge in [0, 0.05) is 38.4 Å². The van der Waals surface area contributed by atoms with Gasteiger partial charge in [-0.05, 0) is 55.5 Å². The number of sulfonamides is 1. The molecule has 9 heteroatoms. The van der Waals surface area contributed by atoms with Gasteiger partial charge in [-0.1, -0.05) is 18.2 Å². The molecule has 30 heavy (non-hydrogen) atoms. The minimum absolute atomic E-state index is 0.220. The van der Waals surface area contributed by atoms with Crippen LogP contribution in [0.1, 0.15) is 18.4 Å². The van der Waals surface area contributed by atoms with Gasteiger partial charge in [0.15, 0.2) is 0 Å². The number of nitrogens with one attached hydrogen (secondary N) is 2. The number of unbranched alkanes of at least 4 members (excludes halogenated alkanes) is 1. The van der Waals surface area contributed by atoms with Crippen molar-refractivity contribution in [3.63, 3.8) is 0 Å². The van der Waals surface area contributed by atoms with Crippen LogP contribution in [0.2, 0.25) is 0 Å². The molecule has 0 atom stereocenters. The minimum atomic E-state index is -3.59. The summed E-state index contributed by atoms with van der Waals surface area (Å²) in [5.41, 5.74) is 2.59. The molecule has 1 aliphatic heterocycles. The van der Waals surface area contributed by atoms with E-state index in [1.54, 1.807) is 11.4 Å². The molecule has 2 aromatic rings. The molecule has 1 aromatic carbocycles. The fourth-order valence-corrected chi connectivity index (χ4v) is 5.47. The van der Waals surface area contributed by atoms with E-state index in [1.165, 1.54) is 17.3 Å². The number of carbonyl (C=O) groups excluding carboxylic acids is 1. The molecule has 0 aliphatic carbocycles.